The third-order valence-corrected chi connectivity index (χ3v) is 5.72. The average Bonchev–Trinajstić information content (AvgIpc) is 3.25. The monoisotopic (exact) mass is 397 g/mol. The van der Waals surface area contributed by atoms with Crippen molar-refractivity contribution in [3.8, 4) is 11.5 Å². The Labute approximate surface area is 170 Å². The molecular weight excluding hydrogens is 370 g/mol. The normalized spacial score (nSPS) is 17.7. The van der Waals surface area contributed by atoms with Crippen LogP contribution in [-0.4, -0.2) is 49.2 Å². The zero-order valence-electron chi connectivity index (χ0n) is 16.9. The Morgan fingerprint density at radius 2 is 1.76 bits per heavy atom. The smallest absolute Gasteiger partial charge is 0.227 e. The highest BCUT2D eigenvalue weighted by atomic mass is 16.5. The van der Waals surface area contributed by atoms with E-state index in [4.69, 9.17) is 15.2 Å². The number of nitrogens with one attached hydrogen (secondary N) is 1. The zero-order valence-corrected chi connectivity index (χ0v) is 16.9. The minimum Gasteiger partial charge on any atom is -0.493 e. The van der Waals surface area contributed by atoms with Crippen molar-refractivity contribution < 1.29 is 14.3 Å². The van der Waals surface area contributed by atoms with Crippen molar-refractivity contribution in [1.82, 2.24) is 15.3 Å². The van der Waals surface area contributed by atoms with Gasteiger partial charge < -0.3 is 25.4 Å². The van der Waals surface area contributed by atoms with Crippen LogP contribution in [0.25, 0.3) is 10.9 Å². The molecule has 1 aliphatic carbocycles. The molecule has 4 rings (SSSR count). The van der Waals surface area contributed by atoms with Crippen LogP contribution in [0.1, 0.15) is 25.7 Å². The van der Waals surface area contributed by atoms with Crippen LogP contribution in [-0.2, 0) is 4.79 Å². The average molecular weight is 397 g/mol. The minimum atomic E-state index is 0.0361. The van der Waals surface area contributed by atoms with Crippen LogP contribution in [0, 0.1) is 5.92 Å². The molecule has 0 unspecified atom stereocenters. The van der Waals surface area contributed by atoms with E-state index in [1.165, 1.54) is 0 Å². The van der Waals surface area contributed by atoms with E-state index in [0.717, 1.165) is 44.2 Å². The van der Waals surface area contributed by atoms with Gasteiger partial charge in [-0.3, -0.25) is 4.79 Å². The van der Waals surface area contributed by atoms with Gasteiger partial charge >= 0.3 is 0 Å². The van der Waals surface area contributed by atoms with Gasteiger partial charge in [-0.15, -0.1) is 0 Å². The second-order valence-corrected chi connectivity index (χ2v) is 7.54. The van der Waals surface area contributed by atoms with Gasteiger partial charge in [-0.2, -0.15) is 4.98 Å². The van der Waals surface area contributed by atoms with Gasteiger partial charge in [0.05, 0.1) is 19.7 Å². The minimum absolute atomic E-state index is 0.0361. The molecule has 8 nitrogen and oxygen atoms in total. The summed E-state index contributed by atoms with van der Waals surface area (Å²) in [6.45, 7) is 1.44. The summed E-state index contributed by atoms with van der Waals surface area (Å²) in [4.78, 5) is 23.8. The lowest BCUT2D eigenvalue weighted by molar-refractivity contribution is -0.126. The molecule has 1 fully saturated rings. The van der Waals surface area contributed by atoms with Crippen molar-refractivity contribution in [3.63, 3.8) is 0 Å². The van der Waals surface area contributed by atoms with Crippen LogP contribution >= 0.6 is 0 Å². The molecule has 0 bridgehead atoms. The summed E-state index contributed by atoms with van der Waals surface area (Å²) >= 11 is 0. The van der Waals surface area contributed by atoms with Crippen molar-refractivity contribution >= 4 is 28.6 Å². The van der Waals surface area contributed by atoms with Crippen LogP contribution in [0.15, 0.2) is 24.3 Å². The number of carbonyl (C=O) groups excluding carboxylic acids is 1. The number of nitrogens with two attached hydrogens (primary N) is 1. The van der Waals surface area contributed by atoms with Crippen molar-refractivity contribution in [3.05, 3.63) is 24.3 Å². The Bertz CT molecular complexity index is 930. The Morgan fingerprint density at radius 1 is 1.10 bits per heavy atom. The summed E-state index contributed by atoms with van der Waals surface area (Å²) in [5, 5.41) is 3.89. The number of carbonyl (C=O) groups is 1. The number of amides is 1. The molecule has 2 aromatic rings. The van der Waals surface area contributed by atoms with Gasteiger partial charge in [0.1, 0.15) is 5.82 Å². The van der Waals surface area contributed by atoms with Gasteiger partial charge in [-0.1, -0.05) is 12.2 Å². The van der Waals surface area contributed by atoms with Gasteiger partial charge in [0.2, 0.25) is 11.9 Å². The van der Waals surface area contributed by atoms with Crippen LogP contribution in [0.5, 0.6) is 11.5 Å². The van der Waals surface area contributed by atoms with E-state index in [-0.39, 0.29) is 17.9 Å². The topological polar surface area (TPSA) is 103 Å². The fourth-order valence-electron chi connectivity index (χ4n) is 4.00. The first-order valence-corrected chi connectivity index (χ1v) is 9.98. The first-order chi connectivity index (χ1) is 14.1. The van der Waals surface area contributed by atoms with Gasteiger partial charge in [-0.05, 0) is 31.7 Å². The number of hydrogen-bond donors (Lipinski definition) is 2. The number of methoxy groups -OCH3 is 2. The fourth-order valence-corrected chi connectivity index (χ4v) is 4.00. The van der Waals surface area contributed by atoms with Crippen molar-refractivity contribution in [2.45, 2.75) is 31.7 Å². The molecule has 8 heteroatoms. The third-order valence-electron chi connectivity index (χ3n) is 5.72. The summed E-state index contributed by atoms with van der Waals surface area (Å²) in [7, 11) is 3.17. The number of nitrogens with zero attached hydrogens (tertiary/aromatic N) is 3. The largest absolute Gasteiger partial charge is 0.493 e. The molecule has 0 spiro atoms. The summed E-state index contributed by atoms with van der Waals surface area (Å²) in [6, 6.07) is 3.86. The second-order valence-electron chi connectivity index (χ2n) is 7.54. The Morgan fingerprint density at radius 3 is 2.41 bits per heavy atom. The number of hydrogen-bond acceptors (Lipinski definition) is 7. The third kappa shape index (κ3) is 3.92. The van der Waals surface area contributed by atoms with Gasteiger partial charge in [0, 0.05) is 36.5 Å². The fraction of sp³-hybridized carbons (Fsp3) is 0.476. The number of aromatic nitrogens is 2. The predicted molar refractivity (Wildman–Crippen MR) is 112 cm³/mol. The number of benzene rings is 1. The molecule has 3 N–H and O–H groups in total. The van der Waals surface area contributed by atoms with Crippen molar-refractivity contribution in [2.24, 2.45) is 5.92 Å². The van der Waals surface area contributed by atoms with Crippen LogP contribution < -0.4 is 25.4 Å². The van der Waals surface area contributed by atoms with E-state index >= 15 is 0 Å². The van der Waals surface area contributed by atoms with E-state index in [0.29, 0.717) is 28.8 Å². The maximum atomic E-state index is 12.5. The molecule has 1 aromatic heterocycles. The van der Waals surface area contributed by atoms with E-state index in [1.807, 2.05) is 6.07 Å². The Balaban J connectivity index is 1.47. The number of fused-ring (bicyclic) bond motifs is 1. The standard InChI is InChI=1S/C21H27N5O3/c1-28-17-11-15-16(12-18(17)29-2)24-21(25-19(15)22)26-9-7-13(8-10-26)20(27)23-14-5-3-4-6-14/h3-4,11-14H,5-10H2,1-2H3,(H,23,27)(H2,22,24,25). The van der Waals surface area contributed by atoms with E-state index < -0.39 is 0 Å². The molecule has 1 aliphatic heterocycles. The van der Waals surface area contributed by atoms with E-state index in [2.05, 4.69) is 32.3 Å². The van der Waals surface area contributed by atoms with Crippen LogP contribution in [0.4, 0.5) is 11.8 Å². The lowest BCUT2D eigenvalue weighted by atomic mass is 9.95. The van der Waals surface area contributed by atoms with Gasteiger partial charge in [0.25, 0.3) is 0 Å². The van der Waals surface area contributed by atoms with Crippen molar-refractivity contribution in [1.29, 1.82) is 0 Å². The number of nitrogen functional groups attached to an aromatic ring is 1. The van der Waals surface area contributed by atoms with Gasteiger partial charge in [0.15, 0.2) is 11.5 Å². The summed E-state index contributed by atoms with van der Waals surface area (Å²) in [6.07, 6.45) is 7.67. The summed E-state index contributed by atoms with van der Waals surface area (Å²) < 4.78 is 10.7. The summed E-state index contributed by atoms with van der Waals surface area (Å²) in [5.41, 5.74) is 6.91. The lowest BCUT2D eigenvalue weighted by Crippen LogP contribution is -2.43. The number of ether oxygens (including phenoxy) is 2. The maximum Gasteiger partial charge on any atom is 0.227 e. The quantitative estimate of drug-likeness (QED) is 0.746. The molecular formula is C21H27N5O3. The Kier molecular flexibility index (Phi) is 5.42. The number of piperidine rings is 1. The second kappa shape index (κ2) is 8.14. The Hall–Kier alpha value is -3.03. The molecule has 2 heterocycles. The molecule has 0 radical (unpaired) electrons. The van der Waals surface area contributed by atoms with Crippen molar-refractivity contribution in [2.75, 3.05) is 37.9 Å². The molecule has 29 heavy (non-hydrogen) atoms. The zero-order chi connectivity index (χ0) is 20.4. The van der Waals surface area contributed by atoms with Crippen LogP contribution in [0.2, 0.25) is 0 Å². The first-order valence-electron chi connectivity index (χ1n) is 9.98. The predicted octanol–water partition coefficient (Wildman–Crippen LogP) is 2.28. The highest BCUT2D eigenvalue weighted by molar-refractivity contribution is 5.91. The molecule has 154 valence electrons. The number of anilines is 2. The van der Waals surface area contributed by atoms with Crippen LogP contribution in [0.3, 0.4) is 0 Å². The highest BCUT2D eigenvalue weighted by Gasteiger charge is 2.28. The molecule has 1 saturated heterocycles. The molecule has 0 saturated carbocycles. The highest BCUT2D eigenvalue weighted by Crippen LogP contribution is 2.34. The van der Waals surface area contributed by atoms with E-state index in [1.54, 1.807) is 20.3 Å². The number of rotatable bonds is 5. The molecule has 1 aromatic carbocycles. The lowest BCUT2D eigenvalue weighted by Gasteiger charge is -2.32. The first kappa shape index (κ1) is 19.3. The van der Waals surface area contributed by atoms with Gasteiger partial charge in [-0.25, -0.2) is 4.98 Å². The SMILES string of the molecule is COc1cc2nc(N3CCC(C(=O)NC4CC=CC4)CC3)nc(N)c2cc1OC. The molecule has 1 amide bonds. The molecule has 0 atom stereocenters. The molecule has 2 aliphatic rings. The van der Waals surface area contributed by atoms with E-state index in [9.17, 15) is 4.79 Å². The maximum absolute atomic E-state index is 12.5. The summed E-state index contributed by atoms with van der Waals surface area (Å²) in [5.74, 6) is 2.37.